The van der Waals surface area contributed by atoms with Gasteiger partial charge in [0.1, 0.15) is 5.75 Å². The zero-order valence-corrected chi connectivity index (χ0v) is 17.5. The molecule has 0 aromatic heterocycles. The van der Waals surface area contributed by atoms with Crippen molar-refractivity contribution in [2.45, 2.75) is 44.7 Å². The van der Waals surface area contributed by atoms with Gasteiger partial charge in [-0.2, -0.15) is 0 Å². The molecule has 0 radical (unpaired) electrons. The zero-order valence-electron chi connectivity index (χ0n) is 16.6. The number of hydrogen-bond donors (Lipinski definition) is 3. The normalized spacial score (nSPS) is 19.4. The molecule has 1 aromatic rings. The van der Waals surface area contributed by atoms with Crippen molar-refractivity contribution in [2.24, 2.45) is 0 Å². The summed E-state index contributed by atoms with van der Waals surface area (Å²) in [5.74, 6) is -0.212. The molecule has 2 aliphatic heterocycles. The van der Waals surface area contributed by atoms with Crippen LogP contribution < -0.4 is 20.9 Å². The summed E-state index contributed by atoms with van der Waals surface area (Å²) >= 11 is 5.27. The average Bonchev–Trinajstić information content (AvgIpc) is 3.22. The van der Waals surface area contributed by atoms with Crippen LogP contribution in [-0.4, -0.2) is 48.7 Å². The summed E-state index contributed by atoms with van der Waals surface area (Å²) in [5, 5.41) is 3.66. The van der Waals surface area contributed by atoms with Gasteiger partial charge in [-0.3, -0.25) is 5.43 Å². The second-order valence-electron chi connectivity index (χ2n) is 7.27. The molecule has 2 aliphatic rings. The number of nitrogens with zero attached hydrogens (tertiary/aromatic N) is 1. The Bertz CT molecular complexity index is 722. The van der Waals surface area contributed by atoms with E-state index in [0.717, 1.165) is 50.1 Å². The van der Waals surface area contributed by atoms with Crippen molar-refractivity contribution in [3.63, 3.8) is 0 Å². The van der Waals surface area contributed by atoms with E-state index in [1.807, 2.05) is 0 Å². The lowest BCUT2D eigenvalue weighted by molar-refractivity contribution is -0.274. The average molecular weight is 445 g/mol. The van der Waals surface area contributed by atoms with Crippen molar-refractivity contribution >= 4 is 17.3 Å². The number of thiocarbonyl (C=S) groups is 1. The van der Waals surface area contributed by atoms with Crippen LogP contribution in [0.4, 0.5) is 13.2 Å². The van der Waals surface area contributed by atoms with Crippen LogP contribution in [0, 0.1) is 0 Å². The van der Waals surface area contributed by atoms with Crippen LogP contribution in [0.1, 0.15) is 31.2 Å². The summed E-state index contributed by atoms with van der Waals surface area (Å²) in [7, 11) is 0. The second kappa shape index (κ2) is 10.8. The van der Waals surface area contributed by atoms with Gasteiger partial charge in [-0.15, -0.1) is 13.2 Å². The molecule has 10 heteroatoms. The summed E-state index contributed by atoms with van der Waals surface area (Å²) < 4.78 is 46.4. The highest BCUT2D eigenvalue weighted by atomic mass is 32.1. The minimum absolute atomic E-state index is 0.212. The van der Waals surface area contributed by atoms with E-state index in [4.69, 9.17) is 17.0 Å². The first-order chi connectivity index (χ1) is 14.4. The second-order valence-corrected chi connectivity index (χ2v) is 7.68. The van der Waals surface area contributed by atoms with E-state index in [1.165, 1.54) is 12.1 Å². The fraction of sp³-hybridized carbons (Fsp3) is 0.550. The number of ether oxygens (including phenoxy) is 2. The number of nitrogens with one attached hydrogen (secondary N) is 3. The van der Waals surface area contributed by atoms with Crippen LogP contribution in [0.2, 0.25) is 0 Å². The maximum atomic E-state index is 12.3. The number of hydrazine groups is 1. The Morgan fingerprint density at radius 2 is 2.03 bits per heavy atom. The summed E-state index contributed by atoms with van der Waals surface area (Å²) in [6, 6.07) is 5.99. The molecular formula is C20H27F3N4O2S. The van der Waals surface area contributed by atoms with Crippen molar-refractivity contribution in [3.8, 4) is 5.75 Å². The van der Waals surface area contributed by atoms with Gasteiger partial charge in [-0.25, -0.2) is 5.43 Å². The molecule has 1 atom stereocenters. The summed E-state index contributed by atoms with van der Waals surface area (Å²) in [6.45, 7) is 3.58. The lowest BCUT2D eigenvalue weighted by Crippen LogP contribution is -2.47. The molecule has 3 rings (SSSR count). The van der Waals surface area contributed by atoms with Crippen LogP contribution >= 0.6 is 12.2 Å². The molecule has 0 bridgehead atoms. The Labute approximate surface area is 179 Å². The van der Waals surface area contributed by atoms with Gasteiger partial charge in [0.15, 0.2) is 5.11 Å². The SMILES string of the molecule is FC(F)(F)Oc1ccc(CN2CCCC=C2CNNC(=S)NCC2CCCO2)cc1. The molecular weight excluding hydrogens is 417 g/mol. The molecule has 6 nitrogen and oxygen atoms in total. The predicted molar refractivity (Wildman–Crippen MR) is 112 cm³/mol. The summed E-state index contributed by atoms with van der Waals surface area (Å²) in [6.07, 6.45) is 1.88. The fourth-order valence-corrected chi connectivity index (χ4v) is 3.63. The van der Waals surface area contributed by atoms with Crippen LogP contribution in [0.25, 0.3) is 0 Å². The van der Waals surface area contributed by atoms with Crippen molar-refractivity contribution < 1.29 is 22.6 Å². The third kappa shape index (κ3) is 7.66. The highest BCUT2D eigenvalue weighted by molar-refractivity contribution is 7.80. The largest absolute Gasteiger partial charge is 0.573 e. The van der Waals surface area contributed by atoms with Gasteiger partial charge in [0.25, 0.3) is 0 Å². The Hall–Kier alpha value is -2.04. The number of hydrogen-bond acceptors (Lipinski definition) is 5. The van der Waals surface area contributed by atoms with Crippen LogP contribution in [0.15, 0.2) is 36.0 Å². The third-order valence-corrected chi connectivity index (χ3v) is 5.18. The molecule has 30 heavy (non-hydrogen) atoms. The van der Waals surface area contributed by atoms with Gasteiger partial charge in [-0.05, 0) is 55.6 Å². The fourth-order valence-electron chi connectivity index (χ4n) is 3.48. The topological polar surface area (TPSA) is 57.8 Å². The van der Waals surface area contributed by atoms with Crippen LogP contribution in [0.3, 0.4) is 0 Å². The molecule has 3 N–H and O–H groups in total. The minimum Gasteiger partial charge on any atom is -0.406 e. The first kappa shape index (κ1) is 22.6. The van der Waals surface area contributed by atoms with E-state index < -0.39 is 6.36 Å². The summed E-state index contributed by atoms with van der Waals surface area (Å²) in [4.78, 5) is 2.21. The third-order valence-electron chi connectivity index (χ3n) is 4.93. The molecule has 166 valence electrons. The first-order valence-electron chi connectivity index (χ1n) is 10.1. The zero-order chi connectivity index (χ0) is 21.4. The van der Waals surface area contributed by atoms with Crippen molar-refractivity contribution in [1.82, 2.24) is 21.1 Å². The van der Waals surface area contributed by atoms with Crippen LogP contribution in [0.5, 0.6) is 5.75 Å². The molecule has 0 aliphatic carbocycles. The Kier molecular flexibility index (Phi) is 8.17. The number of allylic oxidation sites excluding steroid dienone is 1. The smallest absolute Gasteiger partial charge is 0.406 e. The Balaban J connectivity index is 1.43. The van der Waals surface area contributed by atoms with E-state index >= 15 is 0 Å². The Morgan fingerprint density at radius 1 is 1.23 bits per heavy atom. The number of alkyl halides is 3. The molecule has 0 saturated carbocycles. The summed E-state index contributed by atoms with van der Waals surface area (Å²) in [5.41, 5.74) is 8.16. The highest BCUT2D eigenvalue weighted by Crippen LogP contribution is 2.24. The highest BCUT2D eigenvalue weighted by Gasteiger charge is 2.31. The molecule has 0 spiro atoms. The molecule has 1 aromatic carbocycles. The standard InChI is InChI=1S/C20H27F3N4O2S/c21-20(22,23)29-17-8-6-15(7-9-17)14-27-10-2-1-4-16(27)12-25-26-19(30)24-13-18-5-3-11-28-18/h4,6-9,18,25H,1-3,5,10-14H2,(H2,24,26,30). The van der Waals surface area contributed by atoms with E-state index in [9.17, 15) is 13.2 Å². The van der Waals surface area contributed by atoms with E-state index in [2.05, 4.69) is 31.9 Å². The van der Waals surface area contributed by atoms with E-state index in [1.54, 1.807) is 12.1 Å². The Morgan fingerprint density at radius 3 is 2.73 bits per heavy atom. The molecule has 1 saturated heterocycles. The maximum absolute atomic E-state index is 12.3. The van der Waals surface area contributed by atoms with Gasteiger partial charge in [0.2, 0.25) is 0 Å². The number of rotatable bonds is 8. The van der Waals surface area contributed by atoms with Crippen molar-refractivity contribution in [3.05, 3.63) is 41.6 Å². The maximum Gasteiger partial charge on any atom is 0.573 e. The minimum atomic E-state index is -4.68. The number of halogens is 3. The molecule has 1 fully saturated rings. The first-order valence-corrected chi connectivity index (χ1v) is 10.5. The van der Waals surface area contributed by atoms with Gasteiger partial charge in [-0.1, -0.05) is 18.2 Å². The number of benzene rings is 1. The monoisotopic (exact) mass is 444 g/mol. The molecule has 2 heterocycles. The molecule has 0 amide bonds. The van der Waals surface area contributed by atoms with E-state index in [0.29, 0.717) is 24.7 Å². The molecule has 1 unspecified atom stereocenters. The van der Waals surface area contributed by atoms with Gasteiger partial charge in [0, 0.05) is 31.9 Å². The van der Waals surface area contributed by atoms with Gasteiger partial charge < -0.3 is 19.7 Å². The lowest BCUT2D eigenvalue weighted by atomic mass is 10.1. The van der Waals surface area contributed by atoms with Gasteiger partial charge in [0.05, 0.1) is 12.6 Å². The van der Waals surface area contributed by atoms with Gasteiger partial charge >= 0.3 is 6.36 Å². The quantitative estimate of drug-likeness (QED) is 0.421. The van der Waals surface area contributed by atoms with E-state index in [-0.39, 0.29) is 11.9 Å². The van der Waals surface area contributed by atoms with Crippen molar-refractivity contribution in [1.29, 1.82) is 0 Å². The predicted octanol–water partition coefficient (Wildman–Crippen LogP) is 3.21. The van der Waals surface area contributed by atoms with Crippen molar-refractivity contribution in [2.75, 3.05) is 26.2 Å². The van der Waals surface area contributed by atoms with Crippen LogP contribution in [-0.2, 0) is 11.3 Å². The lowest BCUT2D eigenvalue weighted by Gasteiger charge is -2.31.